The van der Waals surface area contributed by atoms with Gasteiger partial charge in [0.05, 0.1) is 0 Å². The third-order valence-corrected chi connectivity index (χ3v) is 6.63. The van der Waals surface area contributed by atoms with Crippen LogP contribution in [0.25, 0.3) is 6.08 Å². The van der Waals surface area contributed by atoms with Crippen LogP contribution < -0.4 is 0 Å². The van der Waals surface area contributed by atoms with Crippen LogP contribution in [0.5, 0.6) is 0 Å². The SMILES string of the molecule is O=C(C=Cc1ccccc1)N1CCC(C(=O)N2CCN(Cc3ccc(Cl)cc3)CC2)CC1. The smallest absolute Gasteiger partial charge is 0.246 e. The molecule has 2 heterocycles. The van der Waals surface area contributed by atoms with Crippen molar-refractivity contribution < 1.29 is 9.59 Å². The second-order valence-electron chi connectivity index (χ2n) is 8.57. The summed E-state index contributed by atoms with van der Waals surface area (Å²) in [6.07, 6.45) is 4.98. The van der Waals surface area contributed by atoms with Crippen molar-refractivity contribution in [2.24, 2.45) is 5.92 Å². The number of hydrogen-bond acceptors (Lipinski definition) is 3. The molecule has 0 aromatic heterocycles. The van der Waals surface area contributed by atoms with Crippen LogP contribution in [0, 0.1) is 5.92 Å². The molecule has 0 spiro atoms. The predicted molar refractivity (Wildman–Crippen MR) is 128 cm³/mol. The van der Waals surface area contributed by atoms with E-state index in [0.29, 0.717) is 13.1 Å². The Kier molecular flexibility index (Phi) is 7.61. The second-order valence-corrected chi connectivity index (χ2v) is 9.01. The Labute approximate surface area is 195 Å². The molecule has 6 heteroatoms. The van der Waals surface area contributed by atoms with Crippen molar-refractivity contribution in [3.8, 4) is 0 Å². The third-order valence-electron chi connectivity index (χ3n) is 6.38. The fourth-order valence-electron chi connectivity index (χ4n) is 4.42. The molecule has 0 unspecified atom stereocenters. The standard InChI is InChI=1S/C26H30ClN3O2/c27-24-9-6-22(7-10-24)20-28-16-18-30(19-17-28)26(32)23-12-14-29(15-13-23)25(31)11-8-21-4-2-1-3-5-21/h1-11,23H,12-20H2. The molecule has 4 rings (SSSR count). The summed E-state index contributed by atoms with van der Waals surface area (Å²) in [5.74, 6) is 0.304. The van der Waals surface area contributed by atoms with Gasteiger partial charge < -0.3 is 9.80 Å². The lowest BCUT2D eigenvalue weighted by Gasteiger charge is -2.38. The number of benzene rings is 2. The number of piperazine rings is 1. The maximum Gasteiger partial charge on any atom is 0.246 e. The molecule has 32 heavy (non-hydrogen) atoms. The summed E-state index contributed by atoms with van der Waals surface area (Å²) in [5, 5.41) is 0.754. The zero-order valence-corrected chi connectivity index (χ0v) is 19.1. The number of amides is 2. The van der Waals surface area contributed by atoms with E-state index in [9.17, 15) is 9.59 Å². The van der Waals surface area contributed by atoms with Gasteiger partial charge in [0.1, 0.15) is 0 Å². The molecule has 2 aromatic rings. The third kappa shape index (κ3) is 5.99. The topological polar surface area (TPSA) is 43.9 Å². The van der Waals surface area contributed by atoms with Crippen molar-refractivity contribution in [2.75, 3.05) is 39.3 Å². The van der Waals surface area contributed by atoms with Crippen LogP contribution in [-0.2, 0) is 16.1 Å². The first-order valence-electron chi connectivity index (χ1n) is 11.4. The summed E-state index contributed by atoms with van der Waals surface area (Å²) in [7, 11) is 0. The summed E-state index contributed by atoms with van der Waals surface area (Å²) in [5.41, 5.74) is 2.26. The molecule has 2 aliphatic heterocycles. The number of hydrogen-bond donors (Lipinski definition) is 0. The Morgan fingerprint density at radius 1 is 0.844 bits per heavy atom. The fourth-order valence-corrected chi connectivity index (χ4v) is 4.54. The lowest BCUT2D eigenvalue weighted by Crippen LogP contribution is -2.51. The van der Waals surface area contributed by atoms with E-state index in [0.717, 1.165) is 56.2 Å². The van der Waals surface area contributed by atoms with Gasteiger partial charge in [-0.25, -0.2) is 0 Å². The van der Waals surface area contributed by atoms with Crippen molar-refractivity contribution in [3.05, 3.63) is 76.8 Å². The Hall–Kier alpha value is -2.63. The number of piperidine rings is 1. The van der Waals surface area contributed by atoms with Gasteiger partial charge >= 0.3 is 0 Å². The molecule has 2 fully saturated rings. The minimum absolute atomic E-state index is 0.0237. The van der Waals surface area contributed by atoms with Crippen molar-refractivity contribution in [3.63, 3.8) is 0 Å². The molecule has 0 bridgehead atoms. The highest BCUT2D eigenvalue weighted by atomic mass is 35.5. The van der Waals surface area contributed by atoms with Gasteiger partial charge in [-0.2, -0.15) is 0 Å². The quantitative estimate of drug-likeness (QED) is 0.647. The zero-order valence-electron chi connectivity index (χ0n) is 18.3. The van der Waals surface area contributed by atoms with Crippen LogP contribution >= 0.6 is 11.6 Å². The van der Waals surface area contributed by atoms with E-state index in [2.05, 4.69) is 17.0 Å². The first-order chi connectivity index (χ1) is 15.6. The van der Waals surface area contributed by atoms with E-state index in [-0.39, 0.29) is 17.7 Å². The number of carbonyl (C=O) groups excluding carboxylic acids is 2. The minimum atomic E-state index is 0.0237. The number of carbonyl (C=O) groups is 2. The maximum atomic E-state index is 13.0. The largest absolute Gasteiger partial charge is 0.340 e. The summed E-state index contributed by atoms with van der Waals surface area (Å²) in [6, 6.07) is 17.8. The number of rotatable bonds is 5. The first-order valence-corrected chi connectivity index (χ1v) is 11.7. The van der Waals surface area contributed by atoms with E-state index < -0.39 is 0 Å². The molecular weight excluding hydrogens is 422 g/mol. The predicted octanol–water partition coefficient (Wildman–Crippen LogP) is 3.94. The lowest BCUT2D eigenvalue weighted by atomic mass is 9.95. The number of halogens is 1. The molecule has 0 aliphatic carbocycles. The van der Waals surface area contributed by atoms with Crippen molar-refractivity contribution in [2.45, 2.75) is 19.4 Å². The first kappa shape index (κ1) is 22.6. The Morgan fingerprint density at radius 2 is 1.50 bits per heavy atom. The highest BCUT2D eigenvalue weighted by molar-refractivity contribution is 6.30. The highest BCUT2D eigenvalue weighted by Crippen LogP contribution is 2.21. The lowest BCUT2D eigenvalue weighted by molar-refractivity contribution is -0.141. The van der Waals surface area contributed by atoms with E-state index in [1.807, 2.05) is 58.3 Å². The van der Waals surface area contributed by atoms with Crippen molar-refractivity contribution in [1.82, 2.24) is 14.7 Å². The minimum Gasteiger partial charge on any atom is -0.340 e. The van der Waals surface area contributed by atoms with E-state index in [4.69, 9.17) is 11.6 Å². The van der Waals surface area contributed by atoms with Crippen LogP contribution in [0.15, 0.2) is 60.7 Å². The van der Waals surface area contributed by atoms with Gasteiger partial charge in [-0.1, -0.05) is 54.1 Å². The van der Waals surface area contributed by atoms with Gasteiger partial charge in [-0.3, -0.25) is 14.5 Å². The van der Waals surface area contributed by atoms with Crippen LogP contribution in [0.4, 0.5) is 0 Å². The van der Waals surface area contributed by atoms with Gasteiger partial charge in [0.25, 0.3) is 0 Å². The van der Waals surface area contributed by atoms with Crippen LogP contribution in [-0.4, -0.2) is 65.8 Å². The van der Waals surface area contributed by atoms with E-state index in [1.54, 1.807) is 6.08 Å². The number of likely N-dealkylation sites (tertiary alicyclic amines) is 1. The Bertz CT molecular complexity index is 929. The molecule has 2 amide bonds. The fraction of sp³-hybridized carbons (Fsp3) is 0.385. The molecule has 0 saturated carbocycles. The van der Waals surface area contributed by atoms with Crippen LogP contribution in [0.1, 0.15) is 24.0 Å². The molecule has 0 radical (unpaired) electrons. The van der Waals surface area contributed by atoms with Crippen molar-refractivity contribution in [1.29, 1.82) is 0 Å². The van der Waals surface area contributed by atoms with Gasteiger partial charge in [0.15, 0.2) is 0 Å². The van der Waals surface area contributed by atoms with Gasteiger partial charge in [-0.05, 0) is 42.2 Å². The van der Waals surface area contributed by atoms with Crippen LogP contribution in [0.2, 0.25) is 5.02 Å². The molecule has 2 aliphatic rings. The molecule has 5 nitrogen and oxygen atoms in total. The number of nitrogens with zero attached hydrogens (tertiary/aromatic N) is 3. The highest BCUT2D eigenvalue weighted by Gasteiger charge is 2.31. The summed E-state index contributed by atoms with van der Waals surface area (Å²) in [6.45, 7) is 5.48. The molecular formula is C26H30ClN3O2. The van der Waals surface area contributed by atoms with E-state index in [1.165, 1.54) is 5.56 Å². The molecule has 2 aromatic carbocycles. The Balaban J connectivity index is 1.20. The summed E-state index contributed by atoms with van der Waals surface area (Å²) < 4.78 is 0. The van der Waals surface area contributed by atoms with Crippen molar-refractivity contribution >= 4 is 29.5 Å². The van der Waals surface area contributed by atoms with Gasteiger partial charge in [0.2, 0.25) is 11.8 Å². The Morgan fingerprint density at radius 3 is 2.16 bits per heavy atom. The van der Waals surface area contributed by atoms with Gasteiger partial charge in [-0.15, -0.1) is 0 Å². The normalized spacial score (nSPS) is 18.3. The van der Waals surface area contributed by atoms with Gasteiger partial charge in [0, 0.05) is 62.8 Å². The molecule has 168 valence electrons. The molecule has 0 atom stereocenters. The van der Waals surface area contributed by atoms with Crippen LogP contribution in [0.3, 0.4) is 0 Å². The second kappa shape index (κ2) is 10.8. The monoisotopic (exact) mass is 451 g/mol. The zero-order chi connectivity index (χ0) is 22.3. The maximum absolute atomic E-state index is 13.0. The summed E-state index contributed by atoms with van der Waals surface area (Å²) in [4.78, 5) is 31.7. The molecule has 0 N–H and O–H groups in total. The average Bonchev–Trinajstić information content (AvgIpc) is 2.85. The van der Waals surface area contributed by atoms with E-state index >= 15 is 0 Å². The molecule has 2 saturated heterocycles. The summed E-state index contributed by atoms with van der Waals surface area (Å²) >= 11 is 5.97. The average molecular weight is 452 g/mol.